The average Bonchev–Trinajstić information content (AvgIpc) is 2.41. The normalized spacial score (nSPS) is 10.1. The Bertz CT molecular complexity index is 572. The van der Waals surface area contributed by atoms with Gasteiger partial charge in [0.25, 0.3) is 5.91 Å². The predicted molar refractivity (Wildman–Crippen MR) is 79.2 cm³/mol. The molecule has 0 aliphatic rings. The second-order valence-corrected chi connectivity index (χ2v) is 4.84. The van der Waals surface area contributed by atoms with E-state index in [1.165, 1.54) is 0 Å². The van der Waals surface area contributed by atoms with Gasteiger partial charge in [0, 0.05) is 21.9 Å². The first-order chi connectivity index (χ1) is 8.70. The molecule has 1 heterocycles. The highest BCUT2D eigenvalue weighted by Gasteiger charge is 2.08. The average molecular weight is 353 g/mol. The van der Waals surface area contributed by atoms with Crippen molar-refractivity contribution in [1.29, 1.82) is 0 Å². The fourth-order valence-electron chi connectivity index (χ4n) is 1.49. The molecular formula is C13H12IN3O. The standard InChI is InChI=1S/C13H12IN3O/c14-11-3-1-2-4-12(11)17-13(18)9-5-6-16-10(7-9)8-15/h1-7H,8,15H2,(H,17,18). The molecular weight excluding hydrogens is 341 g/mol. The van der Waals surface area contributed by atoms with Gasteiger partial charge in [0.2, 0.25) is 0 Å². The van der Waals surface area contributed by atoms with E-state index < -0.39 is 0 Å². The number of benzene rings is 1. The maximum Gasteiger partial charge on any atom is 0.255 e. The number of amides is 1. The summed E-state index contributed by atoms with van der Waals surface area (Å²) in [6.45, 7) is 0.323. The minimum Gasteiger partial charge on any atom is -0.325 e. The van der Waals surface area contributed by atoms with Crippen molar-refractivity contribution in [3.63, 3.8) is 0 Å². The van der Waals surface area contributed by atoms with Crippen LogP contribution in [0.25, 0.3) is 0 Å². The molecule has 5 heteroatoms. The van der Waals surface area contributed by atoms with E-state index in [-0.39, 0.29) is 5.91 Å². The Hall–Kier alpha value is -1.47. The van der Waals surface area contributed by atoms with Gasteiger partial charge in [-0.1, -0.05) is 12.1 Å². The lowest BCUT2D eigenvalue weighted by molar-refractivity contribution is 0.102. The summed E-state index contributed by atoms with van der Waals surface area (Å²) in [6.07, 6.45) is 1.59. The molecule has 0 bridgehead atoms. The van der Waals surface area contributed by atoms with Gasteiger partial charge in [-0.25, -0.2) is 0 Å². The number of anilines is 1. The Kier molecular flexibility index (Phi) is 4.27. The molecule has 3 N–H and O–H groups in total. The van der Waals surface area contributed by atoms with Crippen molar-refractivity contribution in [2.75, 3.05) is 5.32 Å². The van der Waals surface area contributed by atoms with Gasteiger partial charge in [0.1, 0.15) is 0 Å². The maximum absolute atomic E-state index is 12.1. The largest absolute Gasteiger partial charge is 0.325 e. The SMILES string of the molecule is NCc1cc(C(=O)Nc2ccccc2I)ccn1. The molecule has 1 amide bonds. The van der Waals surface area contributed by atoms with Gasteiger partial charge in [0.05, 0.1) is 11.4 Å². The first kappa shape index (κ1) is 13.0. The number of nitrogens with two attached hydrogens (primary N) is 1. The topological polar surface area (TPSA) is 68.0 Å². The minimum atomic E-state index is -0.156. The molecule has 0 spiro atoms. The third-order valence-corrected chi connectivity index (χ3v) is 3.35. The van der Waals surface area contributed by atoms with Crippen molar-refractivity contribution in [2.24, 2.45) is 5.73 Å². The van der Waals surface area contributed by atoms with Crippen molar-refractivity contribution in [2.45, 2.75) is 6.54 Å². The number of carbonyl (C=O) groups excluding carboxylic acids is 1. The summed E-state index contributed by atoms with van der Waals surface area (Å²) < 4.78 is 0.997. The second kappa shape index (κ2) is 5.92. The van der Waals surface area contributed by atoms with Crippen molar-refractivity contribution < 1.29 is 4.79 Å². The lowest BCUT2D eigenvalue weighted by Crippen LogP contribution is -2.13. The Morgan fingerprint density at radius 1 is 1.33 bits per heavy atom. The van der Waals surface area contributed by atoms with E-state index in [0.717, 1.165) is 9.26 Å². The van der Waals surface area contributed by atoms with Crippen LogP contribution in [0, 0.1) is 3.57 Å². The third kappa shape index (κ3) is 3.05. The van der Waals surface area contributed by atoms with Gasteiger partial charge in [-0.2, -0.15) is 0 Å². The van der Waals surface area contributed by atoms with Crippen LogP contribution in [-0.2, 0) is 6.54 Å². The van der Waals surface area contributed by atoms with Crippen molar-refractivity contribution >= 4 is 34.2 Å². The third-order valence-electron chi connectivity index (χ3n) is 2.41. The van der Waals surface area contributed by atoms with E-state index in [2.05, 4.69) is 32.9 Å². The summed E-state index contributed by atoms with van der Waals surface area (Å²) in [7, 11) is 0. The van der Waals surface area contributed by atoms with Crippen molar-refractivity contribution in [3.8, 4) is 0 Å². The van der Waals surface area contributed by atoms with Crippen LogP contribution in [-0.4, -0.2) is 10.9 Å². The number of pyridine rings is 1. The monoisotopic (exact) mass is 353 g/mol. The Morgan fingerprint density at radius 2 is 2.11 bits per heavy atom. The van der Waals surface area contributed by atoms with E-state index >= 15 is 0 Å². The summed E-state index contributed by atoms with van der Waals surface area (Å²) >= 11 is 2.18. The number of hydrogen-bond donors (Lipinski definition) is 2. The Morgan fingerprint density at radius 3 is 2.83 bits per heavy atom. The van der Waals surface area contributed by atoms with Crippen molar-refractivity contribution in [1.82, 2.24) is 4.98 Å². The van der Waals surface area contributed by atoms with Crippen LogP contribution >= 0.6 is 22.6 Å². The first-order valence-electron chi connectivity index (χ1n) is 5.41. The number of hydrogen-bond acceptors (Lipinski definition) is 3. The molecule has 0 saturated carbocycles. The Balaban J connectivity index is 2.19. The number of rotatable bonds is 3. The molecule has 0 unspecified atom stereocenters. The van der Waals surface area contributed by atoms with Gasteiger partial charge in [0.15, 0.2) is 0 Å². The number of nitrogens with one attached hydrogen (secondary N) is 1. The summed E-state index contributed by atoms with van der Waals surface area (Å²) in [6, 6.07) is 11.0. The molecule has 1 aromatic heterocycles. The molecule has 0 aliphatic heterocycles. The van der Waals surface area contributed by atoms with Gasteiger partial charge in [-0.15, -0.1) is 0 Å². The van der Waals surface area contributed by atoms with E-state index in [4.69, 9.17) is 5.73 Å². The van der Waals surface area contributed by atoms with Gasteiger partial charge < -0.3 is 11.1 Å². The van der Waals surface area contributed by atoms with Crippen LogP contribution in [0.5, 0.6) is 0 Å². The molecule has 0 aliphatic carbocycles. The van der Waals surface area contributed by atoms with Gasteiger partial charge in [-0.3, -0.25) is 9.78 Å². The van der Waals surface area contributed by atoms with E-state index in [0.29, 0.717) is 17.8 Å². The summed E-state index contributed by atoms with van der Waals surface area (Å²) in [5.74, 6) is -0.156. The molecule has 0 fully saturated rings. The molecule has 2 rings (SSSR count). The molecule has 0 radical (unpaired) electrons. The number of para-hydroxylation sites is 1. The van der Waals surface area contributed by atoms with E-state index in [1.807, 2.05) is 24.3 Å². The molecule has 1 aromatic carbocycles. The fourth-order valence-corrected chi connectivity index (χ4v) is 2.01. The predicted octanol–water partition coefficient (Wildman–Crippen LogP) is 2.40. The van der Waals surface area contributed by atoms with Crippen LogP contribution < -0.4 is 11.1 Å². The molecule has 2 aromatic rings. The Labute approximate surface area is 119 Å². The summed E-state index contributed by atoms with van der Waals surface area (Å²) in [5.41, 5.74) is 7.56. The molecule has 92 valence electrons. The van der Waals surface area contributed by atoms with Crippen LogP contribution in [0.4, 0.5) is 5.69 Å². The van der Waals surface area contributed by atoms with E-state index in [9.17, 15) is 4.79 Å². The summed E-state index contributed by atoms with van der Waals surface area (Å²) in [4.78, 5) is 16.1. The lowest BCUT2D eigenvalue weighted by Gasteiger charge is -2.07. The van der Waals surface area contributed by atoms with Crippen LogP contribution in [0.15, 0.2) is 42.6 Å². The van der Waals surface area contributed by atoms with Crippen LogP contribution in [0.1, 0.15) is 16.1 Å². The zero-order chi connectivity index (χ0) is 13.0. The van der Waals surface area contributed by atoms with Crippen LogP contribution in [0.2, 0.25) is 0 Å². The fraction of sp³-hybridized carbons (Fsp3) is 0.0769. The number of halogens is 1. The van der Waals surface area contributed by atoms with E-state index in [1.54, 1.807) is 18.3 Å². The molecule has 0 saturated heterocycles. The zero-order valence-electron chi connectivity index (χ0n) is 9.56. The van der Waals surface area contributed by atoms with Crippen LogP contribution in [0.3, 0.4) is 0 Å². The number of carbonyl (C=O) groups is 1. The lowest BCUT2D eigenvalue weighted by atomic mass is 10.2. The highest BCUT2D eigenvalue weighted by atomic mass is 127. The first-order valence-corrected chi connectivity index (χ1v) is 6.49. The maximum atomic E-state index is 12.1. The zero-order valence-corrected chi connectivity index (χ0v) is 11.7. The minimum absolute atomic E-state index is 0.156. The van der Waals surface area contributed by atoms with Crippen molar-refractivity contribution in [3.05, 3.63) is 57.4 Å². The summed E-state index contributed by atoms with van der Waals surface area (Å²) in [5, 5.41) is 2.86. The smallest absolute Gasteiger partial charge is 0.255 e. The second-order valence-electron chi connectivity index (χ2n) is 3.67. The highest BCUT2D eigenvalue weighted by molar-refractivity contribution is 14.1. The highest BCUT2D eigenvalue weighted by Crippen LogP contribution is 2.17. The molecule has 0 atom stereocenters. The number of aromatic nitrogens is 1. The van der Waals surface area contributed by atoms with Gasteiger partial charge in [-0.05, 0) is 46.9 Å². The molecule has 18 heavy (non-hydrogen) atoms. The quantitative estimate of drug-likeness (QED) is 0.833. The molecule has 4 nitrogen and oxygen atoms in total. The number of nitrogens with zero attached hydrogens (tertiary/aromatic N) is 1. The van der Waals surface area contributed by atoms with Gasteiger partial charge >= 0.3 is 0 Å².